The molecule has 0 aliphatic carbocycles. The van der Waals surface area contributed by atoms with E-state index in [1.807, 2.05) is 0 Å². The molecule has 0 bridgehead atoms. The zero-order valence-electron chi connectivity index (χ0n) is 10.5. The van der Waals surface area contributed by atoms with Crippen LogP contribution in [0, 0.1) is 5.92 Å². The highest BCUT2D eigenvalue weighted by atomic mass is 16.4. The highest BCUT2D eigenvalue weighted by Gasteiger charge is 2.31. The van der Waals surface area contributed by atoms with Crippen molar-refractivity contribution >= 4 is 11.9 Å². The summed E-state index contributed by atoms with van der Waals surface area (Å²) < 4.78 is 0. The molecule has 98 valence electrons. The van der Waals surface area contributed by atoms with Gasteiger partial charge in [0.2, 0.25) is 5.91 Å². The number of aliphatic carboxylic acids is 1. The fraction of sp³-hybridized carbons (Fsp3) is 0.833. The van der Waals surface area contributed by atoms with Gasteiger partial charge in [-0.3, -0.25) is 9.59 Å². The van der Waals surface area contributed by atoms with E-state index in [1.165, 1.54) is 0 Å². The van der Waals surface area contributed by atoms with Gasteiger partial charge in [-0.2, -0.15) is 0 Å². The number of aliphatic hydroxyl groups is 1. The Bertz CT molecular complexity index is 301. The number of piperidine rings is 1. The van der Waals surface area contributed by atoms with Gasteiger partial charge in [0.05, 0.1) is 5.60 Å². The number of carboxylic acid groups (broad SMARTS) is 1. The number of rotatable bonds is 4. The van der Waals surface area contributed by atoms with Crippen molar-refractivity contribution in [1.29, 1.82) is 0 Å². The molecule has 1 amide bonds. The fourth-order valence-electron chi connectivity index (χ4n) is 2.23. The first kappa shape index (κ1) is 14.0. The van der Waals surface area contributed by atoms with Gasteiger partial charge in [-0.15, -0.1) is 0 Å². The van der Waals surface area contributed by atoms with Crippen LogP contribution in [0.5, 0.6) is 0 Å². The van der Waals surface area contributed by atoms with E-state index < -0.39 is 11.6 Å². The average molecular weight is 243 g/mol. The van der Waals surface area contributed by atoms with Crippen LogP contribution in [0.3, 0.4) is 0 Å². The quantitative estimate of drug-likeness (QED) is 0.767. The van der Waals surface area contributed by atoms with Crippen molar-refractivity contribution < 1.29 is 19.8 Å². The van der Waals surface area contributed by atoms with Crippen LogP contribution in [-0.4, -0.2) is 45.7 Å². The first-order valence-electron chi connectivity index (χ1n) is 6.02. The lowest BCUT2D eigenvalue weighted by Gasteiger charge is -2.37. The summed E-state index contributed by atoms with van der Waals surface area (Å²) in [5, 5.41) is 18.5. The molecule has 0 aromatic heterocycles. The minimum atomic E-state index is -0.879. The number of carbonyl (C=O) groups excluding carboxylic acids is 1. The second kappa shape index (κ2) is 5.49. The summed E-state index contributed by atoms with van der Waals surface area (Å²) in [6.45, 7) is 4.50. The largest absolute Gasteiger partial charge is 0.481 e. The molecule has 0 radical (unpaired) electrons. The van der Waals surface area contributed by atoms with E-state index >= 15 is 0 Å². The zero-order valence-corrected chi connectivity index (χ0v) is 10.5. The predicted molar refractivity (Wildman–Crippen MR) is 62.5 cm³/mol. The average Bonchev–Trinajstić information content (AvgIpc) is 2.14. The molecule has 1 aliphatic heterocycles. The summed E-state index contributed by atoms with van der Waals surface area (Å²) in [7, 11) is 0. The molecule has 2 unspecified atom stereocenters. The molecular weight excluding hydrogens is 222 g/mol. The number of amides is 1. The van der Waals surface area contributed by atoms with Crippen molar-refractivity contribution in [3.63, 3.8) is 0 Å². The van der Waals surface area contributed by atoms with Gasteiger partial charge in [-0.25, -0.2) is 0 Å². The highest BCUT2D eigenvalue weighted by Crippen LogP contribution is 2.21. The van der Waals surface area contributed by atoms with Crippen LogP contribution in [0.25, 0.3) is 0 Å². The van der Waals surface area contributed by atoms with E-state index in [0.29, 0.717) is 19.5 Å². The number of carbonyl (C=O) groups is 2. The summed E-state index contributed by atoms with van der Waals surface area (Å²) in [5.41, 5.74) is -0.802. The maximum absolute atomic E-state index is 11.9. The molecule has 1 aliphatic rings. The van der Waals surface area contributed by atoms with Gasteiger partial charge in [-0.1, -0.05) is 6.92 Å². The van der Waals surface area contributed by atoms with Gasteiger partial charge in [-0.05, 0) is 25.7 Å². The van der Waals surface area contributed by atoms with Crippen LogP contribution in [0.2, 0.25) is 0 Å². The molecule has 5 heteroatoms. The normalized spacial score (nSPS) is 26.6. The first-order chi connectivity index (χ1) is 7.80. The molecule has 2 atom stereocenters. The Hall–Kier alpha value is -1.10. The summed E-state index contributed by atoms with van der Waals surface area (Å²) >= 11 is 0. The van der Waals surface area contributed by atoms with E-state index in [-0.39, 0.29) is 24.7 Å². The zero-order chi connectivity index (χ0) is 13.1. The van der Waals surface area contributed by atoms with Crippen LogP contribution in [0.4, 0.5) is 0 Å². The number of nitrogens with zero attached hydrogens (tertiary/aromatic N) is 1. The topological polar surface area (TPSA) is 77.8 Å². The van der Waals surface area contributed by atoms with Gasteiger partial charge in [0.25, 0.3) is 0 Å². The summed E-state index contributed by atoms with van der Waals surface area (Å²) in [4.78, 5) is 24.0. The van der Waals surface area contributed by atoms with Gasteiger partial charge in [0.1, 0.15) is 0 Å². The van der Waals surface area contributed by atoms with E-state index in [4.69, 9.17) is 5.11 Å². The van der Waals surface area contributed by atoms with E-state index in [9.17, 15) is 14.7 Å². The van der Waals surface area contributed by atoms with E-state index in [2.05, 4.69) is 0 Å². The third-order valence-electron chi connectivity index (χ3n) is 3.07. The maximum atomic E-state index is 11.9. The highest BCUT2D eigenvalue weighted by molar-refractivity contribution is 5.77. The first-order valence-corrected chi connectivity index (χ1v) is 6.02. The molecule has 0 aromatic carbocycles. The van der Waals surface area contributed by atoms with E-state index in [1.54, 1.807) is 18.7 Å². The van der Waals surface area contributed by atoms with Gasteiger partial charge >= 0.3 is 5.97 Å². The Morgan fingerprint density at radius 3 is 2.59 bits per heavy atom. The Kier molecular flexibility index (Phi) is 4.51. The lowest BCUT2D eigenvalue weighted by Crippen LogP contribution is -2.48. The molecule has 1 fully saturated rings. The maximum Gasteiger partial charge on any atom is 0.303 e. The van der Waals surface area contributed by atoms with E-state index in [0.717, 1.165) is 6.42 Å². The number of hydrogen-bond donors (Lipinski definition) is 2. The third-order valence-corrected chi connectivity index (χ3v) is 3.07. The number of carboxylic acids is 1. The van der Waals surface area contributed by atoms with Gasteiger partial charge in [0.15, 0.2) is 0 Å². The Morgan fingerprint density at radius 1 is 1.41 bits per heavy atom. The van der Waals surface area contributed by atoms with Crippen molar-refractivity contribution in [3.05, 3.63) is 0 Å². The lowest BCUT2D eigenvalue weighted by atomic mass is 9.94. The lowest BCUT2D eigenvalue weighted by molar-refractivity contribution is -0.140. The van der Waals surface area contributed by atoms with Crippen LogP contribution in [-0.2, 0) is 9.59 Å². The van der Waals surface area contributed by atoms with Gasteiger partial charge < -0.3 is 15.1 Å². The molecule has 1 heterocycles. The Balaban J connectivity index is 2.44. The third kappa shape index (κ3) is 4.73. The SMILES string of the molecule is CC(CC(=O)O)CC(=O)N1CCCC(C)(O)C1. The molecule has 0 saturated carbocycles. The second-order valence-electron chi connectivity index (χ2n) is 5.32. The smallest absolute Gasteiger partial charge is 0.303 e. The van der Waals surface area contributed by atoms with Crippen LogP contribution >= 0.6 is 0 Å². The fourth-order valence-corrected chi connectivity index (χ4v) is 2.23. The van der Waals surface area contributed by atoms with Crippen LogP contribution < -0.4 is 0 Å². The van der Waals surface area contributed by atoms with Crippen molar-refractivity contribution in [2.24, 2.45) is 5.92 Å². The monoisotopic (exact) mass is 243 g/mol. The molecule has 17 heavy (non-hydrogen) atoms. The number of β-amino-alcohol motifs (C(OH)–C–C–N with tert-alkyl or cyclic N) is 1. The second-order valence-corrected chi connectivity index (χ2v) is 5.32. The number of likely N-dealkylation sites (tertiary alicyclic amines) is 1. The molecule has 0 aromatic rings. The molecular formula is C12H21NO4. The Labute approximate surface area is 101 Å². The Morgan fingerprint density at radius 2 is 2.06 bits per heavy atom. The van der Waals surface area contributed by atoms with Crippen molar-refractivity contribution in [2.75, 3.05) is 13.1 Å². The van der Waals surface area contributed by atoms with Crippen molar-refractivity contribution in [1.82, 2.24) is 4.90 Å². The molecule has 2 N–H and O–H groups in total. The summed E-state index contributed by atoms with van der Waals surface area (Å²) in [6, 6.07) is 0. The minimum absolute atomic E-state index is 0.00989. The predicted octanol–water partition coefficient (Wildman–Crippen LogP) is 0.861. The molecule has 0 spiro atoms. The molecule has 1 saturated heterocycles. The standard InChI is InChI=1S/C12H21NO4/c1-9(7-11(15)16)6-10(14)13-5-3-4-12(2,17)8-13/h9,17H,3-8H2,1-2H3,(H,15,16). The minimum Gasteiger partial charge on any atom is -0.481 e. The van der Waals surface area contributed by atoms with Crippen molar-refractivity contribution in [2.45, 2.75) is 45.1 Å². The van der Waals surface area contributed by atoms with Crippen molar-refractivity contribution in [3.8, 4) is 0 Å². The summed E-state index contributed by atoms with van der Waals surface area (Å²) in [5.74, 6) is -1.10. The summed E-state index contributed by atoms with van der Waals surface area (Å²) in [6.07, 6.45) is 1.76. The molecule has 1 rings (SSSR count). The van der Waals surface area contributed by atoms with Crippen LogP contribution in [0.15, 0.2) is 0 Å². The molecule has 5 nitrogen and oxygen atoms in total. The van der Waals surface area contributed by atoms with Gasteiger partial charge in [0, 0.05) is 25.9 Å². The van der Waals surface area contributed by atoms with Crippen LogP contribution in [0.1, 0.15) is 39.5 Å². The number of hydrogen-bond acceptors (Lipinski definition) is 3.